The molecule has 0 radical (unpaired) electrons. The number of nitrogens with one attached hydrogen (secondary N) is 2. The molecule has 0 atom stereocenters. The zero-order valence-corrected chi connectivity index (χ0v) is 12.0. The quantitative estimate of drug-likeness (QED) is 0.907. The number of amides is 1. The summed E-state index contributed by atoms with van der Waals surface area (Å²) in [5, 5.41) is 2.17. The number of benzene rings is 1. The summed E-state index contributed by atoms with van der Waals surface area (Å²) >= 11 is 0. The maximum absolute atomic E-state index is 12.6. The third-order valence-corrected chi connectivity index (χ3v) is 2.91. The molecular weight excluding hydrogens is 313 g/mol. The molecule has 2 aromatic rings. The van der Waals surface area contributed by atoms with Crippen molar-refractivity contribution in [1.82, 2.24) is 4.98 Å². The van der Waals surface area contributed by atoms with E-state index in [0.29, 0.717) is 24.6 Å². The van der Waals surface area contributed by atoms with Gasteiger partial charge in [-0.05, 0) is 37.3 Å². The van der Waals surface area contributed by atoms with Crippen LogP contribution in [0.25, 0.3) is 0 Å². The van der Waals surface area contributed by atoms with Crippen LogP contribution in [-0.2, 0) is 6.18 Å². The van der Waals surface area contributed by atoms with Crippen molar-refractivity contribution in [3.8, 4) is 5.75 Å². The summed E-state index contributed by atoms with van der Waals surface area (Å²) in [4.78, 5) is 25.5. The van der Waals surface area contributed by atoms with Gasteiger partial charge >= 0.3 is 6.18 Å². The van der Waals surface area contributed by atoms with Gasteiger partial charge in [-0.25, -0.2) is 0 Å². The van der Waals surface area contributed by atoms with Gasteiger partial charge in [0.1, 0.15) is 11.4 Å². The Morgan fingerprint density at radius 2 is 1.91 bits per heavy atom. The van der Waals surface area contributed by atoms with Crippen LogP contribution < -0.4 is 15.6 Å². The number of rotatable bonds is 4. The van der Waals surface area contributed by atoms with Crippen LogP contribution in [-0.4, -0.2) is 17.5 Å². The molecule has 2 rings (SSSR count). The molecule has 1 amide bonds. The number of carbonyl (C=O) groups is 1. The topological polar surface area (TPSA) is 71.2 Å². The summed E-state index contributed by atoms with van der Waals surface area (Å²) in [5.74, 6) is -0.140. The van der Waals surface area contributed by atoms with E-state index in [2.05, 4.69) is 5.32 Å². The Morgan fingerprint density at radius 1 is 1.26 bits per heavy atom. The second-order valence-corrected chi connectivity index (χ2v) is 4.54. The number of hydrogen-bond acceptors (Lipinski definition) is 3. The number of hydrogen-bond donors (Lipinski definition) is 2. The average Bonchev–Trinajstić information content (AvgIpc) is 2.49. The highest BCUT2D eigenvalue weighted by molar-refractivity contribution is 6.04. The van der Waals surface area contributed by atoms with Gasteiger partial charge in [-0.1, -0.05) is 0 Å². The molecule has 122 valence electrons. The van der Waals surface area contributed by atoms with Crippen molar-refractivity contribution >= 4 is 11.6 Å². The van der Waals surface area contributed by atoms with Crippen molar-refractivity contribution in [3.05, 3.63) is 58.0 Å². The predicted molar refractivity (Wildman–Crippen MR) is 77.6 cm³/mol. The molecule has 0 fully saturated rings. The fourth-order valence-electron chi connectivity index (χ4n) is 1.80. The van der Waals surface area contributed by atoms with Crippen molar-refractivity contribution in [2.75, 3.05) is 11.9 Å². The van der Waals surface area contributed by atoms with Gasteiger partial charge in [0.05, 0.1) is 12.2 Å². The fourth-order valence-corrected chi connectivity index (χ4v) is 1.80. The molecule has 1 aromatic heterocycles. The molecule has 0 saturated heterocycles. The first-order valence-corrected chi connectivity index (χ1v) is 6.65. The van der Waals surface area contributed by atoms with Gasteiger partial charge < -0.3 is 15.0 Å². The monoisotopic (exact) mass is 326 g/mol. The zero-order chi connectivity index (χ0) is 17.0. The Morgan fingerprint density at radius 3 is 2.48 bits per heavy atom. The SMILES string of the molecule is CCOc1ccc(C(=O)Nc2cc(C(F)(F)F)c[nH]c2=O)cc1. The maximum atomic E-state index is 12.6. The molecule has 8 heteroatoms. The van der Waals surface area contributed by atoms with Crippen molar-refractivity contribution < 1.29 is 22.7 Å². The minimum absolute atomic E-state index is 0.185. The third kappa shape index (κ3) is 4.12. The summed E-state index contributed by atoms with van der Waals surface area (Å²) in [7, 11) is 0. The van der Waals surface area contributed by atoms with Gasteiger partial charge in [-0.15, -0.1) is 0 Å². The summed E-state index contributed by atoms with van der Waals surface area (Å²) < 4.78 is 43.1. The number of H-pyrrole nitrogens is 1. The third-order valence-electron chi connectivity index (χ3n) is 2.91. The molecule has 0 aliphatic heterocycles. The van der Waals surface area contributed by atoms with Gasteiger partial charge in [0.15, 0.2) is 0 Å². The first kappa shape index (κ1) is 16.6. The maximum Gasteiger partial charge on any atom is 0.417 e. The van der Waals surface area contributed by atoms with Crippen molar-refractivity contribution in [2.45, 2.75) is 13.1 Å². The summed E-state index contributed by atoms with van der Waals surface area (Å²) in [6, 6.07) is 6.58. The van der Waals surface area contributed by atoms with E-state index in [1.165, 1.54) is 12.1 Å². The summed E-state index contributed by atoms with van der Waals surface area (Å²) in [5.41, 5.74) is -2.17. The molecule has 0 aliphatic rings. The Bertz CT molecular complexity index is 752. The second kappa shape index (κ2) is 6.55. The summed E-state index contributed by atoms with van der Waals surface area (Å²) in [6.07, 6.45) is -4.07. The lowest BCUT2D eigenvalue weighted by atomic mass is 10.2. The first-order chi connectivity index (χ1) is 10.8. The van der Waals surface area contributed by atoms with E-state index < -0.39 is 28.9 Å². The lowest BCUT2D eigenvalue weighted by Crippen LogP contribution is -2.21. The zero-order valence-electron chi connectivity index (χ0n) is 12.0. The van der Waals surface area contributed by atoms with Crippen molar-refractivity contribution in [3.63, 3.8) is 0 Å². The molecule has 0 spiro atoms. The minimum atomic E-state index is -4.62. The number of aromatic nitrogens is 1. The lowest BCUT2D eigenvalue weighted by molar-refractivity contribution is -0.137. The molecule has 5 nitrogen and oxygen atoms in total. The van der Waals surface area contributed by atoms with Crippen LogP contribution in [0.2, 0.25) is 0 Å². The van der Waals surface area contributed by atoms with Crippen molar-refractivity contribution in [2.24, 2.45) is 0 Å². The number of ether oxygens (including phenoxy) is 1. The van der Waals surface area contributed by atoms with Gasteiger partial charge in [0.25, 0.3) is 11.5 Å². The fraction of sp³-hybridized carbons (Fsp3) is 0.200. The minimum Gasteiger partial charge on any atom is -0.494 e. The molecule has 0 unspecified atom stereocenters. The molecule has 0 aliphatic carbocycles. The number of carbonyl (C=O) groups excluding carboxylic acids is 1. The number of aromatic amines is 1. The van der Waals surface area contributed by atoms with E-state index in [9.17, 15) is 22.8 Å². The average molecular weight is 326 g/mol. The smallest absolute Gasteiger partial charge is 0.417 e. The molecule has 23 heavy (non-hydrogen) atoms. The highest BCUT2D eigenvalue weighted by atomic mass is 19.4. The van der Waals surface area contributed by atoms with Crippen LogP contribution in [0.1, 0.15) is 22.8 Å². The first-order valence-electron chi connectivity index (χ1n) is 6.65. The van der Waals surface area contributed by atoms with Gasteiger partial charge in [-0.2, -0.15) is 13.2 Å². The molecule has 0 bridgehead atoms. The predicted octanol–water partition coefficient (Wildman–Crippen LogP) is 3.04. The Hall–Kier alpha value is -2.77. The number of alkyl halides is 3. The molecule has 1 heterocycles. The highest BCUT2D eigenvalue weighted by Gasteiger charge is 2.31. The molecular formula is C15H13F3N2O3. The lowest BCUT2D eigenvalue weighted by Gasteiger charge is -2.09. The Balaban J connectivity index is 2.21. The molecule has 2 N–H and O–H groups in total. The normalized spacial score (nSPS) is 11.1. The number of halogens is 3. The standard InChI is InChI=1S/C15H13F3N2O3/c1-2-23-11-5-3-9(4-6-11)13(21)20-12-7-10(15(16,17)18)8-19-14(12)22/h3-8H,2H2,1H3,(H,19,22)(H,20,21). The van der Waals surface area contributed by atoms with Gasteiger partial charge in [0, 0.05) is 11.8 Å². The Kier molecular flexibility index (Phi) is 4.73. The largest absolute Gasteiger partial charge is 0.494 e. The van der Waals surface area contributed by atoms with Crippen LogP contribution in [0, 0.1) is 0 Å². The van der Waals surface area contributed by atoms with E-state index >= 15 is 0 Å². The van der Waals surface area contributed by atoms with Gasteiger partial charge in [-0.3, -0.25) is 9.59 Å². The van der Waals surface area contributed by atoms with E-state index in [1.807, 2.05) is 4.98 Å². The second-order valence-electron chi connectivity index (χ2n) is 4.54. The number of pyridine rings is 1. The molecule has 0 saturated carbocycles. The van der Waals surface area contributed by atoms with Crippen LogP contribution in [0.15, 0.2) is 41.3 Å². The van der Waals surface area contributed by atoms with Crippen LogP contribution in [0.4, 0.5) is 18.9 Å². The van der Waals surface area contributed by atoms with E-state index in [4.69, 9.17) is 4.74 Å². The molecule has 1 aromatic carbocycles. The van der Waals surface area contributed by atoms with E-state index in [0.717, 1.165) is 0 Å². The Labute approximate surface area is 129 Å². The van der Waals surface area contributed by atoms with E-state index in [-0.39, 0.29) is 5.56 Å². The van der Waals surface area contributed by atoms with Crippen LogP contribution >= 0.6 is 0 Å². The van der Waals surface area contributed by atoms with Crippen LogP contribution in [0.5, 0.6) is 5.75 Å². The highest BCUT2D eigenvalue weighted by Crippen LogP contribution is 2.29. The summed E-state index contributed by atoms with van der Waals surface area (Å²) in [6.45, 7) is 2.27. The van der Waals surface area contributed by atoms with Gasteiger partial charge in [0.2, 0.25) is 0 Å². The van der Waals surface area contributed by atoms with Crippen molar-refractivity contribution in [1.29, 1.82) is 0 Å². The van der Waals surface area contributed by atoms with E-state index in [1.54, 1.807) is 19.1 Å². The number of anilines is 1. The van der Waals surface area contributed by atoms with Crippen LogP contribution in [0.3, 0.4) is 0 Å².